The van der Waals surface area contributed by atoms with E-state index in [1.807, 2.05) is 0 Å². The molecular formula is C27H42O10S. The van der Waals surface area contributed by atoms with Crippen LogP contribution in [0.15, 0.2) is 12.2 Å². The van der Waals surface area contributed by atoms with E-state index in [0.717, 1.165) is 12.8 Å². The summed E-state index contributed by atoms with van der Waals surface area (Å²) in [4.78, 5) is 12.5. The zero-order valence-electron chi connectivity index (χ0n) is 22.5. The summed E-state index contributed by atoms with van der Waals surface area (Å²) in [6.07, 6.45) is 1.10. The zero-order valence-corrected chi connectivity index (χ0v) is 23.3. The number of aliphatic hydroxyl groups is 3. The second-order valence-electron chi connectivity index (χ2n) is 12.9. The molecule has 14 atom stereocenters. The van der Waals surface area contributed by atoms with Gasteiger partial charge in [-0.3, -0.25) is 9.35 Å². The fourth-order valence-electron chi connectivity index (χ4n) is 8.97. The Kier molecular flexibility index (Phi) is 7.43. The Morgan fingerprint density at radius 2 is 1.74 bits per heavy atom. The SMILES string of the molecule is CC(=O)C1CCC2C3CC(OC4OC(C)C(O)C(O)C4O)C4CC(OS(=O)(=O)O)CCC4(C)C3C=CC12C. The summed E-state index contributed by atoms with van der Waals surface area (Å²) in [5.74, 6) is 0.645. The minimum absolute atomic E-state index is 0.0329. The maximum atomic E-state index is 12.5. The van der Waals surface area contributed by atoms with Crippen molar-refractivity contribution >= 4 is 16.2 Å². The van der Waals surface area contributed by atoms with Crippen LogP contribution in [0.5, 0.6) is 0 Å². The molecule has 1 saturated heterocycles. The lowest BCUT2D eigenvalue weighted by atomic mass is 9.46. The molecule has 0 radical (unpaired) electrons. The average molecular weight is 559 g/mol. The highest BCUT2D eigenvalue weighted by molar-refractivity contribution is 7.80. The third kappa shape index (κ3) is 4.70. The highest BCUT2D eigenvalue weighted by atomic mass is 32.3. The largest absolute Gasteiger partial charge is 0.397 e. The van der Waals surface area contributed by atoms with Crippen molar-refractivity contribution in [2.75, 3.05) is 0 Å². The van der Waals surface area contributed by atoms with Gasteiger partial charge in [-0.25, -0.2) is 4.18 Å². The molecular weight excluding hydrogens is 516 g/mol. The van der Waals surface area contributed by atoms with E-state index in [0.29, 0.717) is 25.7 Å². The van der Waals surface area contributed by atoms with Crippen LogP contribution >= 0.6 is 0 Å². The lowest BCUT2D eigenvalue weighted by molar-refractivity contribution is -0.319. The van der Waals surface area contributed by atoms with Gasteiger partial charge in [-0.2, -0.15) is 8.42 Å². The summed E-state index contributed by atoms with van der Waals surface area (Å²) in [6.45, 7) is 7.64. The minimum atomic E-state index is -4.63. The highest BCUT2D eigenvalue weighted by Crippen LogP contribution is 2.66. The van der Waals surface area contributed by atoms with Gasteiger partial charge in [-0.15, -0.1) is 0 Å². The smallest absolute Gasteiger partial charge is 0.388 e. The molecule has 3 saturated carbocycles. The number of ketones is 1. The Hall–Kier alpha value is -0.920. The number of rotatable bonds is 5. The molecule has 0 spiro atoms. The van der Waals surface area contributed by atoms with Crippen molar-refractivity contribution in [3.63, 3.8) is 0 Å². The molecule has 11 heteroatoms. The van der Waals surface area contributed by atoms with Gasteiger partial charge in [-0.1, -0.05) is 26.0 Å². The molecule has 14 unspecified atom stereocenters. The van der Waals surface area contributed by atoms with Crippen LogP contribution in [0.3, 0.4) is 0 Å². The van der Waals surface area contributed by atoms with Gasteiger partial charge in [-0.05, 0) is 86.9 Å². The van der Waals surface area contributed by atoms with E-state index in [1.54, 1.807) is 13.8 Å². The second-order valence-corrected chi connectivity index (χ2v) is 13.9. The summed E-state index contributed by atoms with van der Waals surface area (Å²) in [6, 6.07) is 0. The number of hydrogen-bond acceptors (Lipinski definition) is 9. The normalized spacial score (nSPS) is 52.6. The molecule has 216 valence electrons. The molecule has 10 nitrogen and oxygen atoms in total. The number of allylic oxidation sites excluding steroid dienone is 2. The number of carbonyl (C=O) groups is 1. The topological polar surface area (TPSA) is 160 Å². The molecule has 0 bridgehead atoms. The first kappa shape index (κ1) is 28.6. The van der Waals surface area contributed by atoms with Crippen LogP contribution in [0.2, 0.25) is 0 Å². The lowest BCUT2D eigenvalue weighted by Crippen LogP contribution is -2.61. The maximum absolute atomic E-state index is 12.5. The molecule has 38 heavy (non-hydrogen) atoms. The Labute approximate surface area is 224 Å². The Morgan fingerprint density at radius 1 is 1.03 bits per heavy atom. The monoisotopic (exact) mass is 558 g/mol. The van der Waals surface area contributed by atoms with Crippen LogP contribution in [0.1, 0.15) is 66.2 Å². The summed E-state index contributed by atoms with van der Waals surface area (Å²) in [5, 5.41) is 31.2. The lowest BCUT2D eigenvalue weighted by Gasteiger charge is -2.61. The summed E-state index contributed by atoms with van der Waals surface area (Å²) in [7, 11) is -4.63. The van der Waals surface area contributed by atoms with Crippen LogP contribution < -0.4 is 0 Å². The van der Waals surface area contributed by atoms with E-state index in [2.05, 4.69) is 26.0 Å². The maximum Gasteiger partial charge on any atom is 0.397 e. The molecule has 1 heterocycles. The van der Waals surface area contributed by atoms with Crippen LogP contribution in [-0.4, -0.2) is 77.0 Å². The number of fused-ring (bicyclic) bond motifs is 5. The molecule has 5 aliphatic rings. The second kappa shape index (κ2) is 9.87. The summed E-state index contributed by atoms with van der Waals surface area (Å²) >= 11 is 0. The van der Waals surface area contributed by atoms with Crippen molar-refractivity contribution in [2.45, 2.75) is 109 Å². The fourth-order valence-corrected chi connectivity index (χ4v) is 9.48. The standard InChI is InChI=1S/C27H42O10S/c1-13(28)17-5-6-18-16-12-21(36-25-24(31)23(30)22(29)14(2)35-25)20-11-15(37-38(32,33)34)7-9-27(20,4)19(16)8-10-26(17,18)3/h8,10,14-25,29-31H,5-7,9,11-12H2,1-4H3,(H,32,33,34). The van der Waals surface area contributed by atoms with Gasteiger partial charge in [0.15, 0.2) is 6.29 Å². The Bertz CT molecular complexity index is 1060. The van der Waals surface area contributed by atoms with Gasteiger partial charge in [0.05, 0.1) is 18.3 Å². The van der Waals surface area contributed by atoms with E-state index in [4.69, 9.17) is 13.7 Å². The molecule has 0 aromatic carbocycles. The van der Waals surface area contributed by atoms with E-state index in [-0.39, 0.29) is 46.2 Å². The van der Waals surface area contributed by atoms with Crippen molar-refractivity contribution in [1.29, 1.82) is 0 Å². The number of Topliss-reactive ketones (excluding diaryl/α,β-unsaturated/α-hetero) is 1. The first-order valence-electron chi connectivity index (χ1n) is 13.9. The van der Waals surface area contributed by atoms with Gasteiger partial charge in [0.1, 0.15) is 24.1 Å². The van der Waals surface area contributed by atoms with E-state index >= 15 is 0 Å². The third-order valence-electron chi connectivity index (χ3n) is 10.9. The van der Waals surface area contributed by atoms with Crippen molar-refractivity contribution in [1.82, 2.24) is 0 Å². The molecule has 4 N–H and O–H groups in total. The quantitative estimate of drug-likeness (QED) is 0.290. The molecule has 1 aliphatic heterocycles. The fraction of sp³-hybridized carbons (Fsp3) is 0.889. The Morgan fingerprint density at radius 3 is 2.39 bits per heavy atom. The summed E-state index contributed by atoms with van der Waals surface area (Å²) < 4.78 is 49.6. The molecule has 4 aliphatic carbocycles. The molecule has 0 aromatic rings. The van der Waals surface area contributed by atoms with Crippen LogP contribution in [0.25, 0.3) is 0 Å². The molecule has 0 aromatic heterocycles. The van der Waals surface area contributed by atoms with Crippen molar-refractivity contribution < 1.29 is 46.7 Å². The van der Waals surface area contributed by atoms with Crippen molar-refractivity contribution in [3.05, 3.63) is 12.2 Å². The van der Waals surface area contributed by atoms with E-state index < -0.39 is 53.3 Å². The summed E-state index contributed by atoms with van der Waals surface area (Å²) in [5.41, 5.74) is -0.538. The number of hydrogen-bond donors (Lipinski definition) is 4. The predicted octanol–water partition coefficient (Wildman–Crippen LogP) is 2.02. The average Bonchev–Trinajstić information content (AvgIpc) is 3.18. The van der Waals surface area contributed by atoms with Gasteiger partial charge in [0.2, 0.25) is 0 Å². The minimum Gasteiger partial charge on any atom is -0.388 e. The zero-order chi connectivity index (χ0) is 27.8. The number of aliphatic hydroxyl groups excluding tert-OH is 3. The van der Waals surface area contributed by atoms with Crippen LogP contribution in [0, 0.1) is 40.4 Å². The van der Waals surface area contributed by atoms with Crippen LogP contribution in [-0.2, 0) is 28.9 Å². The molecule has 4 fully saturated rings. The van der Waals surface area contributed by atoms with E-state index in [9.17, 15) is 33.1 Å². The number of ether oxygens (including phenoxy) is 2. The van der Waals surface area contributed by atoms with Gasteiger partial charge in [0.25, 0.3) is 0 Å². The first-order valence-corrected chi connectivity index (χ1v) is 15.2. The predicted molar refractivity (Wildman–Crippen MR) is 135 cm³/mol. The molecule has 5 rings (SSSR count). The Balaban J connectivity index is 1.48. The first-order chi connectivity index (χ1) is 17.7. The molecule has 0 amide bonds. The number of carbonyl (C=O) groups excluding carboxylic acids is 1. The third-order valence-corrected chi connectivity index (χ3v) is 11.4. The van der Waals surface area contributed by atoms with E-state index in [1.165, 1.54) is 0 Å². The van der Waals surface area contributed by atoms with Gasteiger partial charge >= 0.3 is 10.4 Å². The van der Waals surface area contributed by atoms with Crippen molar-refractivity contribution in [2.24, 2.45) is 40.4 Å². The van der Waals surface area contributed by atoms with Crippen LogP contribution in [0.4, 0.5) is 0 Å². The van der Waals surface area contributed by atoms with Gasteiger partial charge in [0, 0.05) is 5.92 Å². The van der Waals surface area contributed by atoms with Gasteiger partial charge < -0.3 is 24.8 Å². The highest BCUT2D eigenvalue weighted by Gasteiger charge is 2.62. The van der Waals surface area contributed by atoms with Crippen molar-refractivity contribution in [3.8, 4) is 0 Å².